The Kier molecular flexibility index (Phi) is 8.21. The molecule has 0 aromatic carbocycles. The van der Waals surface area contributed by atoms with Crippen molar-refractivity contribution in [3.05, 3.63) is 12.2 Å². The van der Waals surface area contributed by atoms with Gasteiger partial charge in [0, 0.05) is 6.42 Å². The van der Waals surface area contributed by atoms with Crippen molar-refractivity contribution >= 4 is 5.97 Å². The van der Waals surface area contributed by atoms with E-state index in [4.69, 9.17) is 10.00 Å². The molecular weight excluding hydrogens is 286 g/mol. The fraction of sp³-hybridized carbons (Fsp3) is 0.800. The molecule has 2 aliphatic carbocycles. The third-order valence-corrected chi connectivity index (χ3v) is 5.26. The van der Waals surface area contributed by atoms with Crippen molar-refractivity contribution in [3.63, 3.8) is 0 Å². The number of esters is 1. The molecule has 0 spiro atoms. The first-order valence-electron chi connectivity index (χ1n) is 9.53. The number of ether oxygens (including phenoxy) is 1. The number of hydrogen-bond acceptors (Lipinski definition) is 3. The van der Waals surface area contributed by atoms with Crippen LogP contribution in [0.2, 0.25) is 0 Å². The highest BCUT2D eigenvalue weighted by Gasteiger charge is 2.40. The minimum Gasteiger partial charge on any atom is -0.465 e. The quantitative estimate of drug-likeness (QED) is 0.283. The standard InChI is InChI=1S/C20H31NO2/c21-13-9-7-5-3-1-2-4-6-8-10-14-23-20(22)19-16-17-11-12-18(19)15-17/h11-12,17-19H,1-10,14-16H2/t17-,18+,19+/m1/s1. The van der Waals surface area contributed by atoms with Crippen molar-refractivity contribution in [3.8, 4) is 6.07 Å². The first kappa shape index (κ1) is 18.0. The first-order chi connectivity index (χ1) is 11.3. The van der Waals surface area contributed by atoms with Crippen LogP contribution in [0.3, 0.4) is 0 Å². The fourth-order valence-corrected chi connectivity index (χ4v) is 3.88. The third-order valence-electron chi connectivity index (χ3n) is 5.26. The highest BCUT2D eigenvalue weighted by Crippen LogP contribution is 2.43. The van der Waals surface area contributed by atoms with Gasteiger partial charge in [-0.05, 0) is 37.5 Å². The zero-order chi connectivity index (χ0) is 16.3. The summed E-state index contributed by atoms with van der Waals surface area (Å²) < 4.78 is 5.46. The summed E-state index contributed by atoms with van der Waals surface area (Å²) in [5, 5.41) is 8.45. The molecule has 0 radical (unpaired) electrons. The van der Waals surface area contributed by atoms with Gasteiger partial charge >= 0.3 is 5.97 Å². The average molecular weight is 317 g/mol. The zero-order valence-electron chi connectivity index (χ0n) is 14.3. The normalized spacial score (nSPS) is 24.7. The Hall–Kier alpha value is -1.30. The Balaban J connectivity index is 1.35. The van der Waals surface area contributed by atoms with Gasteiger partial charge in [-0.15, -0.1) is 0 Å². The van der Waals surface area contributed by atoms with E-state index in [0.717, 1.165) is 25.7 Å². The van der Waals surface area contributed by atoms with Gasteiger partial charge in [0.2, 0.25) is 0 Å². The van der Waals surface area contributed by atoms with Crippen molar-refractivity contribution in [2.45, 2.75) is 77.0 Å². The minimum atomic E-state index is 0.0409. The predicted octanol–water partition coefficient (Wildman–Crippen LogP) is 5.17. The van der Waals surface area contributed by atoms with Crippen LogP contribution in [-0.4, -0.2) is 12.6 Å². The summed E-state index contributed by atoms with van der Waals surface area (Å²) in [5.74, 6) is 1.28. The molecule has 23 heavy (non-hydrogen) atoms. The molecule has 0 saturated heterocycles. The fourth-order valence-electron chi connectivity index (χ4n) is 3.88. The van der Waals surface area contributed by atoms with Crippen LogP contribution in [0, 0.1) is 29.1 Å². The van der Waals surface area contributed by atoms with Gasteiger partial charge in [0.05, 0.1) is 18.6 Å². The summed E-state index contributed by atoms with van der Waals surface area (Å²) in [6.07, 6.45) is 18.1. The van der Waals surface area contributed by atoms with Crippen LogP contribution in [0.5, 0.6) is 0 Å². The van der Waals surface area contributed by atoms with Crippen LogP contribution < -0.4 is 0 Å². The van der Waals surface area contributed by atoms with E-state index < -0.39 is 0 Å². The third kappa shape index (κ3) is 6.37. The molecule has 0 aromatic heterocycles. The molecule has 1 saturated carbocycles. The Morgan fingerprint density at radius 1 is 0.957 bits per heavy atom. The van der Waals surface area contributed by atoms with E-state index in [0.29, 0.717) is 24.9 Å². The maximum atomic E-state index is 12.0. The number of nitriles is 1. The average Bonchev–Trinajstić information content (AvgIpc) is 3.19. The summed E-state index contributed by atoms with van der Waals surface area (Å²) in [6.45, 7) is 0.602. The summed E-state index contributed by atoms with van der Waals surface area (Å²) >= 11 is 0. The molecule has 2 aliphatic rings. The molecule has 1 fully saturated rings. The van der Waals surface area contributed by atoms with Crippen molar-refractivity contribution in [1.29, 1.82) is 5.26 Å². The Bertz CT molecular complexity index is 424. The lowest BCUT2D eigenvalue weighted by molar-refractivity contribution is -0.149. The largest absolute Gasteiger partial charge is 0.465 e. The van der Waals surface area contributed by atoms with E-state index in [-0.39, 0.29) is 11.9 Å². The highest BCUT2D eigenvalue weighted by molar-refractivity contribution is 5.74. The Labute approximate surface area is 141 Å². The van der Waals surface area contributed by atoms with Crippen LogP contribution >= 0.6 is 0 Å². The second-order valence-corrected chi connectivity index (χ2v) is 7.14. The summed E-state index contributed by atoms with van der Waals surface area (Å²) in [5.41, 5.74) is 0. The molecular formula is C20H31NO2. The maximum Gasteiger partial charge on any atom is 0.309 e. The molecule has 3 heteroatoms. The van der Waals surface area contributed by atoms with Gasteiger partial charge in [0.15, 0.2) is 0 Å². The van der Waals surface area contributed by atoms with E-state index in [9.17, 15) is 4.79 Å². The summed E-state index contributed by atoms with van der Waals surface area (Å²) in [7, 11) is 0. The second-order valence-electron chi connectivity index (χ2n) is 7.14. The van der Waals surface area contributed by atoms with E-state index >= 15 is 0 Å². The van der Waals surface area contributed by atoms with Crippen LogP contribution in [-0.2, 0) is 9.53 Å². The number of unbranched alkanes of at least 4 members (excludes halogenated alkanes) is 9. The second kappa shape index (κ2) is 10.5. The van der Waals surface area contributed by atoms with Gasteiger partial charge < -0.3 is 4.74 Å². The number of carbonyl (C=O) groups is 1. The molecule has 0 unspecified atom stereocenters. The molecule has 2 bridgehead atoms. The number of carbonyl (C=O) groups excluding carboxylic acids is 1. The number of rotatable bonds is 12. The number of fused-ring (bicyclic) bond motifs is 2. The molecule has 0 N–H and O–H groups in total. The molecule has 0 aliphatic heterocycles. The molecule has 0 heterocycles. The predicted molar refractivity (Wildman–Crippen MR) is 91.6 cm³/mol. The molecule has 2 rings (SSSR count). The molecule has 3 atom stereocenters. The van der Waals surface area contributed by atoms with Gasteiger partial charge in [0.1, 0.15) is 0 Å². The van der Waals surface area contributed by atoms with Gasteiger partial charge in [0.25, 0.3) is 0 Å². The number of hydrogen-bond donors (Lipinski definition) is 0. The summed E-state index contributed by atoms with van der Waals surface area (Å²) in [6, 6.07) is 2.19. The minimum absolute atomic E-state index is 0.0409. The topological polar surface area (TPSA) is 50.1 Å². The maximum absolute atomic E-state index is 12.0. The van der Waals surface area contributed by atoms with Crippen molar-refractivity contribution in [2.24, 2.45) is 17.8 Å². The molecule has 0 aromatic rings. The molecule has 128 valence electrons. The lowest BCUT2D eigenvalue weighted by atomic mass is 9.94. The van der Waals surface area contributed by atoms with Crippen LogP contribution in [0.4, 0.5) is 0 Å². The first-order valence-corrected chi connectivity index (χ1v) is 9.53. The van der Waals surface area contributed by atoms with E-state index in [1.54, 1.807) is 0 Å². The van der Waals surface area contributed by atoms with E-state index in [1.165, 1.54) is 44.9 Å². The van der Waals surface area contributed by atoms with Crippen molar-refractivity contribution < 1.29 is 9.53 Å². The van der Waals surface area contributed by atoms with E-state index in [2.05, 4.69) is 18.2 Å². The van der Waals surface area contributed by atoms with Gasteiger partial charge in [-0.25, -0.2) is 0 Å². The molecule has 3 nitrogen and oxygen atoms in total. The van der Waals surface area contributed by atoms with Crippen molar-refractivity contribution in [1.82, 2.24) is 0 Å². The Morgan fingerprint density at radius 2 is 1.61 bits per heavy atom. The smallest absolute Gasteiger partial charge is 0.309 e. The van der Waals surface area contributed by atoms with Crippen LogP contribution in [0.1, 0.15) is 77.0 Å². The van der Waals surface area contributed by atoms with Crippen LogP contribution in [0.25, 0.3) is 0 Å². The SMILES string of the molecule is N#CCCCCCCCCCCCOC(=O)[C@H]1C[C@@H]2C=C[C@H]1C2. The monoisotopic (exact) mass is 317 g/mol. The van der Waals surface area contributed by atoms with Crippen molar-refractivity contribution in [2.75, 3.05) is 6.61 Å². The Morgan fingerprint density at radius 3 is 2.17 bits per heavy atom. The highest BCUT2D eigenvalue weighted by atomic mass is 16.5. The lowest BCUT2D eigenvalue weighted by Gasteiger charge is -2.16. The van der Waals surface area contributed by atoms with Gasteiger partial charge in [-0.3, -0.25) is 4.79 Å². The molecule has 0 amide bonds. The summed E-state index contributed by atoms with van der Waals surface area (Å²) in [4.78, 5) is 12.0. The van der Waals surface area contributed by atoms with Gasteiger partial charge in [-0.1, -0.05) is 57.1 Å². The zero-order valence-corrected chi connectivity index (χ0v) is 14.3. The number of allylic oxidation sites excluding steroid dienone is 2. The van der Waals surface area contributed by atoms with E-state index in [1.807, 2.05) is 0 Å². The van der Waals surface area contributed by atoms with Crippen LogP contribution in [0.15, 0.2) is 12.2 Å². The number of nitrogens with zero attached hydrogens (tertiary/aromatic N) is 1. The van der Waals surface area contributed by atoms with Gasteiger partial charge in [-0.2, -0.15) is 5.26 Å². The lowest BCUT2D eigenvalue weighted by Crippen LogP contribution is -2.21.